The van der Waals surface area contributed by atoms with E-state index >= 15 is 0 Å². The molecule has 0 aromatic carbocycles. The predicted molar refractivity (Wildman–Crippen MR) is 49.4 cm³/mol. The van der Waals surface area contributed by atoms with Gasteiger partial charge in [-0.1, -0.05) is 12.2 Å². The van der Waals surface area contributed by atoms with E-state index < -0.39 is 0 Å². The number of ether oxygens (including phenoxy) is 2. The molecule has 2 saturated carbocycles. The van der Waals surface area contributed by atoms with Crippen LogP contribution in [0.4, 0.5) is 0 Å². The lowest BCUT2D eigenvalue weighted by molar-refractivity contribution is -0.0169. The van der Waals surface area contributed by atoms with Crippen molar-refractivity contribution >= 4 is 0 Å². The van der Waals surface area contributed by atoms with Crippen LogP contribution in [0, 0.1) is 17.8 Å². The Hall–Kier alpha value is -0.340. The largest absolute Gasteiger partial charge is 0.378 e. The Labute approximate surface area is 78.9 Å². The molecule has 3 aliphatic rings. The maximum Gasteiger partial charge on any atom is 0.0867 e. The van der Waals surface area contributed by atoms with Crippen LogP contribution in [0.15, 0.2) is 12.2 Å². The average Bonchev–Trinajstić information content (AvgIpc) is 2.51. The van der Waals surface area contributed by atoms with E-state index in [0.29, 0.717) is 17.9 Å². The highest BCUT2D eigenvalue weighted by Crippen LogP contribution is 2.70. The van der Waals surface area contributed by atoms with Crippen molar-refractivity contribution in [3.63, 3.8) is 0 Å². The zero-order chi connectivity index (χ0) is 9.05. The molecule has 0 bridgehead atoms. The van der Waals surface area contributed by atoms with Gasteiger partial charge in [-0.3, -0.25) is 0 Å². The first-order chi connectivity index (χ1) is 6.34. The van der Waals surface area contributed by atoms with Crippen LogP contribution in [0.1, 0.15) is 13.3 Å². The third kappa shape index (κ3) is 0.728. The minimum absolute atomic E-state index is 0.167. The highest BCUT2D eigenvalue weighted by Gasteiger charge is 2.76. The van der Waals surface area contributed by atoms with Gasteiger partial charge in [0.1, 0.15) is 0 Å². The van der Waals surface area contributed by atoms with Crippen molar-refractivity contribution in [3.8, 4) is 0 Å². The van der Waals surface area contributed by atoms with Crippen molar-refractivity contribution in [1.82, 2.24) is 0 Å². The summed E-state index contributed by atoms with van der Waals surface area (Å²) in [7, 11) is 1.85. The van der Waals surface area contributed by atoms with E-state index in [1.807, 2.05) is 7.11 Å². The quantitative estimate of drug-likeness (QED) is 0.614. The van der Waals surface area contributed by atoms with Crippen molar-refractivity contribution in [1.29, 1.82) is 0 Å². The fourth-order valence-corrected chi connectivity index (χ4v) is 3.58. The van der Waals surface area contributed by atoms with Crippen LogP contribution in [-0.4, -0.2) is 25.4 Å². The molecule has 3 rings (SSSR count). The molecule has 0 aliphatic heterocycles. The molecule has 3 aliphatic carbocycles. The molecule has 72 valence electrons. The van der Waals surface area contributed by atoms with Gasteiger partial charge in [0, 0.05) is 31.5 Å². The number of fused-ring (bicyclic) bond motifs is 1. The summed E-state index contributed by atoms with van der Waals surface area (Å²) in [6.45, 7) is 2.89. The minimum atomic E-state index is 0.167. The molecule has 2 fully saturated rings. The molecule has 0 heterocycles. The van der Waals surface area contributed by atoms with Crippen LogP contribution in [0.2, 0.25) is 0 Å². The van der Waals surface area contributed by atoms with E-state index in [1.165, 1.54) is 6.42 Å². The molecule has 13 heavy (non-hydrogen) atoms. The summed E-state index contributed by atoms with van der Waals surface area (Å²) in [5.41, 5.74) is 0.167. The molecular formula is C11H16O2. The van der Waals surface area contributed by atoms with E-state index in [1.54, 1.807) is 0 Å². The predicted octanol–water partition coefficient (Wildman–Crippen LogP) is 1.61. The fourth-order valence-electron chi connectivity index (χ4n) is 3.58. The Bertz CT molecular complexity index is 261. The van der Waals surface area contributed by atoms with Crippen molar-refractivity contribution in [3.05, 3.63) is 12.2 Å². The SMILES string of the molecule is CCO[C@H]1C[C@H]2[C@H]3C=C[C@@H]1C32OC. The lowest BCUT2D eigenvalue weighted by Crippen LogP contribution is -2.29. The van der Waals surface area contributed by atoms with Crippen molar-refractivity contribution < 1.29 is 9.47 Å². The molecule has 0 spiro atoms. The smallest absolute Gasteiger partial charge is 0.0867 e. The minimum Gasteiger partial charge on any atom is -0.378 e. The second kappa shape index (κ2) is 2.37. The number of methoxy groups -OCH3 is 1. The monoisotopic (exact) mass is 180 g/mol. The van der Waals surface area contributed by atoms with Crippen LogP contribution in [0.5, 0.6) is 0 Å². The summed E-state index contributed by atoms with van der Waals surface area (Å²) < 4.78 is 11.4. The van der Waals surface area contributed by atoms with Gasteiger partial charge < -0.3 is 9.47 Å². The normalized spacial score (nSPS) is 55.5. The van der Waals surface area contributed by atoms with Gasteiger partial charge in [-0.15, -0.1) is 0 Å². The Kier molecular flexibility index (Phi) is 1.46. The van der Waals surface area contributed by atoms with Gasteiger partial charge in [-0.2, -0.15) is 0 Å². The average molecular weight is 180 g/mol. The molecule has 1 unspecified atom stereocenters. The summed E-state index contributed by atoms with van der Waals surface area (Å²) in [6, 6.07) is 0. The highest BCUT2D eigenvalue weighted by atomic mass is 16.5. The first-order valence-corrected chi connectivity index (χ1v) is 5.19. The Balaban J connectivity index is 1.84. The van der Waals surface area contributed by atoms with Crippen LogP contribution in [-0.2, 0) is 9.47 Å². The molecule has 0 aromatic heterocycles. The maximum atomic E-state index is 5.73. The van der Waals surface area contributed by atoms with E-state index in [0.717, 1.165) is 12.5 Å². The third-order valence-corrected chi connectivity index (χ3v) is 4.09. The zero-order valence-electron chi connectivity index (χ0n) is 8.19. The number of hydrogen-bond acceptors (Lipinski definition) is 2. The van der Waals surface area contributed by atoms with Crippen molar-refractivity contribution in [2.24, 2.45) is 17.8 Å². The van der Waals surface area contributed by atoms with Gasteiger partial charge in [0.25, 0.3) is 0 Å². The van der Waals surface area contributed by atoms with Gasteiger partial charge in [0.05, 0.1) is 11.7 Å². The fraction of sp³-hybridized carbons (Fsp3) is 0.818. The molecule has 0 radical (unpaired) electrons. The molecule has 0 saturated heterocycles. The molecule has 0 aromatic rings. The number of hydrogen-bond donors (Lipinski definition) is 0. The zero-order valence-corrected chi connectivity index (χ0v) is 8.19. The van der Waals surface area contributed by atoms with Crippen LogP contribution >= 0.6 is 0 Å². The van der Waals surface area contributed by atoms with Crippen LogP contribution in [0.3, 0.4) is 0 Å². The van der Waals surface area contributed by atoms with E-state index in [9.17, 15) is 0 Å². The van der Waals surface area contributed by atoms with Crippen molar-refractivity contribution in [2.75, 3.05) is 13.7 Å². The Morgan fingerprint density at radius 3 is 2.77 bits per heavy atom. The van der Waals surface area contributed by atoms with Gasteiger partial charge in [-0.25, -0.2) is 0 Å². The first-order valence-electron chi connectivity index (χ1n) is 5.19. The Morgan fingerprint density at radius 2 is 2.15 bits per heavy atom. The first kappa shape index (κ1) is 8.01. The van der Waals surface area contributed by atoms with Crippen LogP contribution in [0.25, 0.3) is 0 Å². The van der Waals surface area contributed by atoms with Crippen LogP contribution < -0.4 is 0 Å². The number of rotatable bonds is 3. The van der Waals surface area contributed by atoms with Gasteiger partial charge in [0.15, 0.2) is 0 Å². The van der Waals surface area contributed by atoms with E-state index in [4.69, 9.17) is 9.47 Å². The highest BCUT2D eigenvalue weighted by molar-refractivity contribution is 5.37. The molecule has 2 heteroatoms. The summed E-state index contributed by atoms with van der Waals surface area (Å²) >= 11 is 0. The second-order valence-electron chi connectivity index (χ2n) is 4.33. The summed E-state index contributed by atoms with van der Waals surface area (Å²) in [4.78, 5) is 0. The lowest BCUT2D eigenvalue weighted by Gasteiger charge is -2.23. The Morgan fingerprint density at radius 1 is 1.38 bits per heavy atom. The molecule has 0 N–H and O–H groups in total. The van der Waals surface area contributed by atoms with E-state index in [-0.39, 0.29) is 5.60 Å². The molecular weight excluding hydrogens is 164 g/mol. The molecule has 5 atom stereocenters. The molecule has 2 nitrogen and oxygen atoms in total. The van der Waals surface area contributed by atoms with E-state index in [2.05, 4.69) is 19.1 Å². The standard InChI is InChI=1S/C11H16O2/c1-3-13-10-6-9-7-4-5-8(10)11(7,9)12-2/h4-5,7-10H,3,6H2,1-2H3/t7-,8+,9+,10+,11?/m1/s1. The van der Waals surface area contributed by atoms with Gasteiger partial charge in [-0.05, 0) is 13.3 Å². The lowest BCUT2D eigenvalue weighted by atomic mass is 10.0. The topological polar surface area (TPSA) is 18.5 Å². The molecule has 0 amide bonds. The third-order valence-electron chi connectivity index (χ3n) is 4.09. The van der Waals surface area contributed by atoms with Gasteiger partial charge >= 0.3 is 0 Å². The summed E-state index contributed by atoms with van der Waals surface area (Å²) in [5, 5.41) is 0. The maximum absolute atomic E-state index is 5.73. The van der Waals surface area contributed by atoms with Gasteiger partial charge in [0.2, 0.25) is 0 Å². The second-order valence-corrected chi connectivity index (χ2v) is 4.33. The summed E-state index contributed by atoms with van der Waals surface area (Å²) in [6.07, 6.45) is 6.25. The summed E-state index contributed by atoms with van der Waals surface area (Å²) in [5.74, 6) is 2.00. The van der Waals surface area contributed by atoms with Crippen molar-refractivity contribution in [2.45, 2.75) is 25.0 Å².